The summed E-state index contributed by atoms with van der Waals surface area (Å²) < 4.78 is 26.5. The van der Waals surface area contributed by atoms with Crippen molar-refractivity contribution < 1.29 is 18.5 Å². The van der Waals surface area contributed by atoms with Crippen LogP contribution in [0.15, 0.2) is 30.5 Å². The molecule has 21 heavy (non-hydrogen) atoms. The van der Waals surface area contributed by atoms with Gasteiger partial charge in [-0.3, -0.25) is 14.9 Å². The zero-order chi connectivity index (χ0) is 15.6. The largest absolute Gasteiger partial charge is 0.306 e. The third-order valence-electron chi connectivity index (χ3n) is 2.68. The molecule has 0 aliphatic heterocycles. The summed E-state index contributed by atoms with van der Waals surface area (Å²) in [5.41, 5.74) is -0.383. The Bertz CT molecular complexity index is 735. The van der Waals surface area contributed by atoms with E-state index in [1.807, 2.05) is 0 Å². The van der Waals surface area contributed by atoms with E-state index in [2.05, 4.69) is 10.3 Å². The van der Waals surface area contributed by atoms with E-state index in [-0.39, 0.29) is 11.5 Å². The molecule has 0 unspecified atom stereocenters. The first-order valence-corrected chi connectivity index (χ1v) is 5.76. The van der Waals surface area contributed by atoms with E-state index in [1.165, 1.54) is 13.0 Å². The molecule has 2 aromatic rings. The van der Waals surface area contributed by atoms with Crippen molar-refractivity contribution in [1.29, 1.82) is 0 Å². The van der Waals surface area contributed by atoms with E-state index >= 15 is 0 Å². The number of pyridine rings is 1. The lowest BCUT2D eigenvalue weighted by atomic mass is 10.2. The molecule has 1 aromatic carbocycles. The van der Waals surface area contributed by atoms with Crippen molar-refractivity contribution in [1.82, 2.24) is 4.98 Å². The van der Waals surface area contributed by atoms with Gasteiger partial charge in [-0.1, -0.05) is 0 Å². The van der Waals surface area contributed by atoms with Crippen LogP contribution < -0.4 is 5.32 Å². The summed E-state index contributed by atoms with van der Waals surface area (Å²) in [6.07, 6.45) is 0.963. The number of anilines is 1. The Kier molecular flexibility index (Phi) is 3.88. The molecule has 1 N–H and O–H groups in total. The highest BCUT2D eigenvalue weighted by Gasteiger charge is 2.16. The Morgan fingerprint density at radius 1 is 1.33 bits per heavy atom. The minimum absolute atomic E-state index is 0.0364. The van der Waals surface area contributed by atoms with Gasteiger partial charge >= 0.3 is 0 Å². The van der Waals surface area contributed by atoms with E-state index in [1.54, 1.807) is 0 Å². The number of hydrogen-bond donors (Lipinski definition) is 1. The molecule has 0 saturated carbocycles. The van der Waals surface area contributed by atoms with E-state index in [4.69, 9.17) is 0 Å². The fraction of sp³-hybridized carbons (Fsp3) is 0.0769. The molecule has 8 heteroatoms. The van der Waals surface area contributed by atoms with Crippen LogP contribution in [-0.4, -0.2) is 15.8 Å². The summed E-state index contributed by atoms with van der Waals surface area (Å²) in [4.78, 5) is 25.5. The second-order valence-electron chi connectivity index (χ2n) is 4.19. The first-order valence-electron chi connectivity index (χ1n) is 5.76. The van der Waals surface area contributed by atoms with Gasteiger partial charge in [0, 0.05) is 6.07 Å². The number of halogens is 2. The lowest BCUT2D eigenvalue weighted by molar-refractivity contribution is -0.385. The molecular formula is C13H9F2N3O3. The van der Waals surface area contributed by atoms with Crippen LogP contribution in [0.2, 0.25) is 0 Å². The molecule has 0 aliphatic carbocycles. The molecule has 6 nitrogen and oxygen atoms in total. The van der Waals surface area contributed by atoms with Crippen LogP contribution in [0.4, 0.5) is 20.3 Å². The van der Waals surface area contributed by atoms with Crippen LogP contribution in [0.5, 0.6) is 0 Å². The molecule has 0 bridgehead atoms. The van der Waals surface area contributed by atoms with E-state index in [9.17, 15) is 23.7 Å². The highest BCUT2D eigenvalue weighted by molar-refractivity contribution is 6.04. The van der Waals surface area contributed by atoms with Crippen molar-refractivity contribution in [3.05, 3.63) is 63.3 Å². The molecule has 2 rings (SSSR count). The standard InChI is InChI=1S/C13H9F2N3O3/c1-7-4-9(18(20)21)6-16-12(7)17-13(19)10-5-8(14)2-3-11(10)15/h2-6H,1H3,(H,16,17,19). The third kappa shape index (κ3) is 3.16. The summed E-state index contributed by atoms with van der Waals surface area (Å²) >= 11 is 0. The van der Waals surface area contributed by atoms with Crippen molar-refractivity contribution >= 4 is 17.4 Å². The highest BCUT2D eigenvalue weighted by Crippen LogP contribution is 2.19. The number of nitro groups is 1. The quantitative estimate of drug-likeness (QED) is 0.696. The fourth-order valence-corrected chi connectivity index (χ4v) is 1.64. The number of nitrogens with one attached hydrogen (secondary N) is 1. The first kappa shape index (κ1) is 14.5. The minimum Gasteiger partial charge on any atom is -0.306 e. The van der Waals surface area contributed by atoms with Crippen molar-refractivity contribution in [3.8, 4) is 0 Å². The van der Waals surface area contributed by atoms with Crippen LogP contribution in [0, 0.1) is 28.7 Å². The van der Waals surface area contributed by atoms with Crippen molar-refractivity contribution in [2.24, 2.45) is 0 Å². The number of aromatic nitrogens is 1. The van der Waals surface area contributed by atoms with Crippen LogP contribution in [0.25, 0.3) is 0 Å². The molecule has 0 radical (unpaired) electrons. The van der Waals surface area contributed by atoms with Gasteiger partial charge in [0.2, 0.25) is 0 Å². The lowest BCUT2D eigenvalue weighted by Gasteiger charge is -2.07. The summed E-state index contributed by atoms with van der Waals surface area (Å²) in [6, 6.07) is 3.69. The van der Waals surface area contributed by atoms with Gasteiger partial charge in [0.25, 0.3) is 11.6 Å². The van der Waals surface area contributed by atoms with E-state index in [0.717, 1.165) is 24.4 Å². The van der Waals surface area contributed by atoms with Gasteiger partial charge in [-0.2, -0.15) is 0 Å². The summed E-state index contributed by atoms with van der Waals surface area (Å²) in [5, 5.41) is 12.9. The Labute approximate surface area is 117 Å². The number of rotatable bonds is 3. The number of amides is 1. The second kappa shape index (κ2) is 5.61. The van der Waals surface area contributed by atoms with Crippen LogP contribution in [0.1, 0.15) is 15.9 Å². The maximum atomic E-state index is 13.5. The molecule has 0 spiro atoms. The van der Waals surface area contributed by atoms with Crippen molar-refractivity contribution in [2.45, 2.75) is 6.92 Å². The van der Waals surface area contributed by atoms with Crippen LogP contribution >= 0.6 is 0 Å². The predicted molar refractivity (Wildman–Crippen MR) is 69.9 cm³/mol. The summed E-state index contributed by atoms with van der Waals surface area (Å²) in [5.74, 6) is -2.49. The van der Waals surface area contributed by atoms with Gasteiger partial charge in [-0.25, -0.2) is 13.8 Å². The number of carbonyl (C=O) groups excluding carboxylic acids is 1. The van der Waals surface area contributed by atoms with E-state index < -0.39 is 28.0 Å². The average Bonchev–Trinajstić information content (AvgIpc) is 2.43. The number of nitrogens with zero attached hydrogens (tertiary/aromatic N) is 2. The fourth-order valence-electron chi connectivity index (χ4n) is 1.64. The van der Waals surface area contributed by atoms with Crippen LogP contribution in [0.3, 0.4) is 0 Å². The zero-order valence-electron chi connectivity index (χ0n) is 10.8. The van der Waals surface area contributed by atoms with E-state index in [0.29, 0.717) is 5.56 Å². The Balaban J connectivity index is 2.27. The maximum Gasteiger partial charge on any atom is 0.287 e. The normalized spacial score (nSPS) is 10.2. The lowest BCUT2D eigenvalue weighted by Crippen LogP contribution is -2.16. The monoisotopic (exact) mass is 293 g/mol. The molecule has 1 aromatic heterocycles. The van der Waals surface area contributed by atoms with Gasteiger partial charge in [-0.05, 0) is 30.7 Å². The number of benzene rings is 1. The topological polar surface area (TPSA) is 85.1 Å². The first-order chi connectivity index (χ1) is 9.88. The van der Waals surface area contributed by atoms with Gasteiger partial charge in [0.1, 0.15) is 23.6 Å². The molecule has 0 aliphatic rings. The maximum absolute atomic E-state index is 13.5. The smallest absolute Gasteiger partial charge is 0.287 e. The predicted octanol–water partition coefficient (Wildman–Crippen LogP) is 2.83. The minimum atomic E-state index is -0.892. The Morgan fingerprint density at radius 2 is 2.05 bits per heavy atom. The zero-order valence-corrected chi connectivity index (χ0v) is 10.8. The molecule has 0 atom stereocenters. The van der Waals surface area contributed by atoms with Gasteiger partial charge in [0.15, 0.2) is 0 Å². The Morgan fingerprint density at radius 3 is 2.67 bits per heavy atom. The van der Waals surface area contributed by atoms with Gasteiger partial charge in [-0.15, -0.1) is 0 Å². The van der Waals surface area contributed by atoms with Gasteiger partial charge in [0.05, 0.1) is 10.5 Å². The molecule has 0 saturated heterocycles. The van der Waals surface area contributed by atoms with Crippen molar-refractivity contribution in [2.75, 3.05) is 5.32 Å². The molecule has 1 heterocycles. The number of hydrogen-bond acceptors (Lipinski definition) is 4. The molecular weight excluding hydrogens is 284 g/mol. The highest BCUT2D eigenvalue weighted by atomic mass is 19.1. The number of aryl methyl sites for hydroxylation is 1. The SMILES string of the molecule is Cc1cc([N+](=O)[O-])cnc1NC(=O)c1cc(F)ccc1F. The summed E-state index contributed by atoms with van der Waals surface area (Å²) in [7, 11) is 0. The number of carbonyl (C=O) groups is 1. The van der Waals surface area contributed by atoms with Gasteiger partial charge < -0.3 is 5.32 Å². The second-order valence-corrected chi connectivity index (χ2v) is 4.19. The molecule has 1 amide bonds. The third-order valence-corrected chi connectivity index (χ3v) is 2.68. The molecule has 0 fully saturated rings. The average molecular weight is 293 g/mol. The summed E-state index contributed by atoms with van der Waals surface area (Å²) in [6.45, 7) is 1.50. The Hall–Kier alpha value is -2.90. The molecule has 108 valence electrons. The van der Waals surface area contributed by atoms with Crippen LogP contribution in [-0.2, 0) is 0 Å². The van der Waals surface area contributed by atoms with Crippen molar-refractivity contribution in [3.63, 3.8) is 0 Å².